The molecule has 3 nitrogen and oxygen atoms in total. The predicted molar refractivity (Wildman–Crippen MR) is 76.5 cm³/mol. The minimum atomic E-state index is -0.0715. The monoisotopic (exact) mass is 244 g/mol. The number of rotatable bonds is 2. The zero-order valence-corrected chi connectivity index (χ0v) is 11.0. The molecule has 0 aliphatic carbocycles. The van der Waals surface area contributed by atoms with Gasteiger partial charge in [0.2, 0.25) is 0 Å². The first kappa shape index (κ1) is 13.9. The average molecular weight is 244 g/mol. The van der Waals surface area contributed by atoms with E-state index in [0.717, 1.165) is 11.1 Å². The molecule has 96 valence electrons. The number of hydrogen-bond donors (Lipinski definition) is 1. The largest absolute Gasteiger partial charge is 0.355 e. The van der Waals surface area contributed by atoms with Crippen LogP contribution >= 0.6 is 0 Å². The standard InChI is InChI=1S/C13H12N2O.C2H6.H2/c1-14-13(16)11-6-4-10(5-7-11)12-3-2-8-15-9-12;1-2;/h2-9H,1H3,(H,14,16);1-2H3;1H. The molecule has 0 atom stereocenters. The van der Waals surface area contributed by atoms with Crippen LogP contribution in [0, 0.1) is 0 Å². The van der Waals surface area contributed by atoms with Gasteiger partial charge in [-0.2, -0.15) is 0 Å². The van der Waals surface area contributed by atoms with Gasteiger partial charge in [0, 0.05) is 26.4 Å². The number of nitrogens with one attached hydrogen (secondary N) is 1. The van der Waals surface area contributed by atoms with Crippen LogP contribution in [0.4, 0.5) is 0 Å². The Morgan fingerprint density at radius 2 is 1.78 bits per heavy atom. The first-order valence-corrected chi connectivity index (χ1v) is 6.04. The van der Waals surface area contributed by atoms with E-state index in [1.807, 2.05) is 38.1 Å². The van der Waals surface area contributed by atoms with Gasteiger partial charge in [-0.05, 0) is 29.3 Å². The van der Waals surface area contributed by atoms with Crippen molar-refractivity contribution >= 4 is 5.91 Å². The highest BCUT2D eigenvalue weighted by Gasteiger charge is 2.02. The van der Waals surface area contributed by atoms with Gasteiger partial charge in [-0.1, -0.05) is 32.0 Å². The fourth-order valence-electron chi connectivity index (χ4n) is 1.49. The lowest BCUT2D eigenvalue weighted by atomic mass is 10.1. The number of carbonyl (C=O) groups excluding carboxylic acids is 1. The molecule has 18 heavy (non-hydrogen) atoms. The number of carbonyl (C=O) groups is 1. The summed E-state index contributed by atoms with van der Waals surface area (Å²) in [6.07, 6.45) is 3.54. The Kier molecular flexibility index (Phi) is 5.58. The van der Waals surface area contributed by atoms with Crippen LogP contribution in [0.3, 0.4) is 0 Å². The van der Waals surface area contributed by atoms with E-state index in [4.69, 9.17) is 0 Å². The van der Waals surface area contributed by atoms with Crippen LogP contribution in [0.15, 0.2) is 48.8 Å². The van der Waals surface area contributed by atoms with Gasteiger partial charge in [-0.3, -0.25) is 9.78 Å². The Morgan fingerprint density at radius 3 is 2.28 bits per heavy atom. The molecule has 1 amide bonds. The number of amides is 1. The van der Waals surface area contributed by atoms with Gasteiger partial charge in [-0.25, -0.2) is 0 Å². The van der Waals surface area contributed by atoms with Crippen LogP contribution in [0.5, 0.6) is 0 Å². The van der Waals surface area contributed by atoms with Crippen LogP contribution in [0.2, 0.25) is 0 Å². The molecular formula is C15H20N2O. The van der Waals surface area contributed by atoms with Gasteiger partial charge in [0.1, 0.15) is 0 Å². The molecule has 0 unspecified atom stereocenters. The number of pyridine rings is 1. The lowest BCUT2D eigenvalue weighted by molar-refractivity contribution is 0.0963. The SMILES string of the molecule is CC.CNC(=O)c1ccc(-c2cccnc2)cc1.[HH]. The maximum atomic E-state index is 11.3. The zero-order chi connectivity index (χ0) is 13.4. The molecule has 0 bridgehead atoms. The molecular weight excluding hydrogens is 224 g/mol. The minimum Gasteiger partial charge on any atom is -0.355 e. The molecule has 0 saturated carbocycles. The Labute approximate surface area is 109 Å². The van der Waals surface area contributed by atoms with Crippen LogP contribution in [-0.2, 0) is 0 Å². The van der Waals surface area contributed by atoms with Crippen molar-refractivity contribution in [3.8, 4) is 11.1 Å². The molecule has 2 aromatic rings. The van der Waals surface area contributed by atoms with Gasteiger partial charge < -0.3 is 5.32 Å². The summed E-state index contributed by atoms with van der Waals surface area (Å²) in [6.45, 7) is 4.00. The highest BCUT2D eigenvalue weighted by Crippen LogP contribution is 2.18. The molecule has 0 saturated heterocycles. The quantitative estimate of drug-likeness (QED) is 0.880. The Balaban J connectivity index is 0.00000103. The van der Waals surface area contributed by atoms with E-state index in [0.29, 0.717) is 5.56 Å². The molecule has 0 radical (unpaired) electrons. The maximum Gasteiger partial charge on any atom is 0.251 e. The summed E-state index contributed by atoms with van der Waals surface area (Å²) in [5.74, 6) is -0.0715. The summed E-state index contributed by atoms with van der Waals surface area (Å²) >= 11 is 0. The van der Waals surface area contributed by atoms with Crippen molar-refractivity contribution in [3.63, 3.8) is 0 Å². The fraction of sp³-hybridized carbons (Fsp3) is 0.200. The molecule has 3 heteroatoms. The third kappa shape index (κ3) is 3.42. The van der Waals surface area contributed by atoms with Gasteiger partial charge in [0.25, 0.3) is 5.91 Å². The van der Waals surface area contributed by atoms with E-state index in [9.17, 15) is 4.79 Å². The van der Waals surface area contributed by atoms with Crippen LogP contribution in [-0.4, -0.2) is 17.9 Å². The number of nitrogens with zero attached hydrogens (tertiary/aromatic N) is 1. The summed E-state index contributed by atoms with van der Waals surface area (Å²) in [4.78, 5) is 15.4. The van der Waals surface area contributed by atoms with Crippen molar-refractivity contribution in [1.29, 1.82) is 0 Å². The molecule has 0 aliphatic rings. The maximum absolute atomic E-state index is 11.3. The molecule has 0 aliphatic heterocycles. The van der Waals surface area contributed by atoms with E-state index >= 15 is 0 Å². The van der Waals surface area contributed by atoms with Crippen LogP contribution in [0.1, 0.15) is 25.6 Å². The number of benzene rings is 1. The third-order valence-corrected chi connectivity index (χ3v) is 2.37. The topological polar surface area (TPSA) is 42.0 Å². The molecule has 2 rings (SSSR count). The van der Waals surface area contributed by atoms with Crippen LogP contribution in [0.25, 0.3) is 11.1 Å². The Bertz CT molecular complexity index is 483. The van der Waals surface area contributed by atoms with Gasteiger partial charge in [0.05, 0.1) is 0 Å². The van der Waals surface area contributed by atoms with Crippen molar-refractivity contribution in [2.75, 3.05) is 7.05 Å². The van der Waals surface area contributed by atoms with E-state index in [1.54, 1.807) is 31.6 Å². The summed E-state index contributed by atoms with van der Waals surface area (Å²) in [6, 6.07) is 11.3. The van der Waals surface area contributed by atoms with E-state index in [2.05, 4.69) is 10.3 Å². The Morgan fingerprint density at radius 1 is 1.11 bits per heavy atom. The normalized spacial score (nSPS) is 9.06. The lowest BCUT2D eigenvalue weighted by Gasteiger charge is -2.02. The highest BCUT2D eigenvalue weighted by atomic mass is 16.1. The molecule has 0 spiro atoms. The van der Waals surface area contributed by atoms with Crippen molar-refractivity contribution in [2.45, 2.75) is 13.8 Å². The average Bonchev–Trinajstić information content (AvgIpc) is 2.49. The predicted octanol–water partition coefficient (Wildman–Crippen LogP) is 3.38. The zero-order valence-electron chi connectivity index (χ0n) is 11.0. The third-order valence-electron chi connectivity index (χ3n) is 2.37. The smallest absolute Gasteiger partial charge is 0.251 e. The van der Waals surface area contributed by atoms with E-state index < -0.39 is 0 Å². The summed E-state index contributed by atoms with van der Waals surface area (Å²) in [5, 5.41) is 2.59. The van der Waals surface area contributed by atoms with Gasteiger partial charge in [-0.15, -0.1) is 0 Å². The van der Waals surface area contributed by atoms with Crippen molar-refractivity contribution in [1.82, 2.24) is 10.3 Å². The fourth-order valence-corrected chi connectivity index (χ4v) is 1.49. The second-order valence-electron chi connectivity index (χ2n) is 3.40. The minimum absolute atomic E-state index is 0. The van der Waals surface area contributed by atoms with Crippen molar-refractivity contribution < 1.29 is 6.22 Å². The van der Waals surface area contributed by atoms with Crippen molar-refractivity contribution in [3.05, 3.63) is 54.4 Å². The molecule has 0 fully saturated rings. The number of hydrogen-bond acceptors (Lipinski definition) is 2. The number of aromatic nitrogens is 1. The highest BCUT2D eigenvalue weighted by molar-refractivity contribution is 5.94. The molecule has 1 aromatic carbocycles. The summed E-state index contributed by atoms with van der Waals surface area (Å²) < 4.78 is 0. The first-order chi connectivity index (χ1) is 8.81. The molecule has 1 aromatic heterocycles. The van der Waals surface area contributed by atoms with E-state index in [1.165, 1.54) is 0 Å². The van der Waals surface area contributed by atoms with E-state index in [-0.39, 0.29) is 7.33 Å². The van der Waals surface area contributed by atoms with Crippen molar-refractivity contribution in [2.24, 2.45) is 0 Å². The second-order valence-corrected chi connectivity index (χ2v) is 3.40. The summed E-state index contributed by atoms with van der Waals surface area (Å²) in [7, 11) is 1.62. The van der Waals surface area contributed by atoms with Gasteiger partial charge >= 0.3 is 0 Å². The molecule has 1 heterocycles. The Hall–Kier alpha value is -2.16. The lowest BCUT2D eigenvalue weighted by Crippen LogP contribution is -2.17. The second kappa shape index (κ2) is 7.22. The summed E-state index contributed by atoms with van der Waals surface area (Å²) in [5.41, 5.74) is 2.77. The molecule has 1 N–H and O–H groups in total. The van der Waals surface area contributed by atoms with Crippen LogP contribution < -0.4 is 5.32 Å². The van der Waals surface area contributed by atoms with Gasteiger partial charge in [0.15, 0.2) is 0 Å². The first-order valence-electron chi connectivity index (χ1n) is 6.04.